The number of H-pyrrole nitrogens is 1. The third kappa shape index (κ3) is 1.81. The van der Waals surface area contributed by atoms with Crippen molar-refractivity contribution in [2.24, 2.45) is 5.73 Å². The average molecular weight is 219 g/mol. The third-order valence-electron chi connectivity index (χ3n) is 2.71. The zero-order chi connectivity index (χ0) is 11.7. The molecule has 0 bridgehead atoms. The van der Waals surface area contributed by atoms with Crippen LogP contribution >= 0.6 is 0 Å². The maximum absolute atomic E-state index is 9.10. The van der Waals surface area contributed by atoms with Crippen LogP contribution in [-0.2, 0) is 0 Å². The summed E-state index contributed by atoms with van der Waals surface area (Å²) in [5, 5.41) is 9.10. The molecule has 2 aromatic rings. The zero-order valence-corrected chi connectivity index (χ0v) is 9.57. The molecule has 0 saturated heterocycles. The Morgan fingerprint density at radius 1 is 1.44 bits per heavy atom. The first-order valence-electron chi connectivity index (χ1n) is 5.48. The van der Waals surface area contributed by atoms with Crippen LogP contribution in [0.5, 0.6) is 0 Å². The van der Waals surface area contributed by atoms with Crippen molar-refractivity contribution in [3.8, 4) is 0 Å². The summed E-state index contributed by atoms with van der Waals surface area (Å²) < 4.78 is 0. The number of hydrogen-bond donors (Lipinski definition) is 3. The smallest absolute Gasteiger partial charge is 0.109 e. The van der Waals surface area contributed by atoms with E-state index in [1.54, 1.807) is 0 Å². The number of aromatic nitrogens is 2. The molecule has 1 aromatic carbocycles. The largest absolute Gasteiger partial charge is 0.394 e. The first-order chi connectivity index (χ1) is 7.63. The molecule has 4 N–H and O–H groups in total. The number of benzene rings is 1. The van der Waals surface area contributed by atoms with Crippen molar-refractivity contribution in [3.05, 3.63) is 29.6 Å². The minimum absolute atomic E-state index is 0.0665. The molecule has 0 aliphatic carbocycles. The summed E-state index contributed by atoms with van der Waals surface area (Å²) in [7, 11) is 0. The van der Waals surface area contributed by atoms with Gasteiger partial charge in [0, 0.05) is 5.92 Å². The second kappa shape index (κ2) is 4.23. The lowest BCUT2D eigenvalue weighted by atomic mass is 10.1. The van der Waals surface area contributed by atoms with Crippen molar-refractivity contribution in [3.63, 3.8) is 0 Å². The summed E-state index contributed by atoms with van der Waals surface area (Å²) in [6.07, 6.45) is 0. The molecule has 0 radical (unpaired) electrons. The highest BCUT2D eigenvalue weighted by Crippen LogP contribution is 2.23. The quantitative estimate of drug-likeness (QED) is 0.735. The van der Waals surface area contributed by atoms with E-state index in [2.05, 4.69) is 23.8 Å². The fourth-order valence-electron chi connectivity index (χ4n) is 1.74. The van der Waals surface area contributed by atoms with Gasteiger partial charge in [-0.05, 0) is 11.6 Å². The Morgan fingerprint density at radius 2 is 2.19 bits per heavy atom. The number of hydrogen-bond acceptors (Lipinski definition) is 3. The van der Waals surface area contributed by atoms with Crippen molar-refractivity contribution in [2.75, 3.05) is 6.61 Å². The van der Waals surface area contributed by atoms with E-state index < -0.39 is 0 Å². The van der Waals surface area contributed by atoms with E-state index in [1.807, 2.05) is 18.2 Å². The summed E-state index contributed by atoms with van der Waals surface area (Å²) in [5.41, 5.74) is 8.58. The molecular formula is C12H17N3O. The molecule has 16 heavy (non-hydrogen) atoms. The highest BCUT2D eigenvalue weighted by Gasteiger charge is 2.13. The number of nitrogens with zero attached hydrogens (tertiary/aromatic N) is 1. The van der Waals surface area contributed by atoms with Crippen molar-refractivity contribution in [1.82, 2.24) is 9.97 Å². The van der Waals surface area contributed by atoms with Gasteiger partial charge in [0.2, 0.25) is 0 Å². The fourth-order valence-corrected chi connectivity index (χ4v) is 1.74. The molecule has 0 aliphatic rings. The molecule has 86 valence electrons. The first kappa shape index (κ1) is 11.1. The predicted molar refractivity (Wildman–Crippen MR) is 64.2 cm³/mol. The topological polar surface area (TPSA) is 74.9 Å². The van der Waals surface area contributed by atoms with Crippen LogP contribution in [0.3, 0.4) is 0 Å². The maximum Gasteiger partial charge on any atom is 0.109 e. The van der Waals surface area contributed by atoms with Gasteiger partial charge in [-0.15, -0.1) is 0 Å². The number of aromatic amines is 1. The zero-order valence-electron chi connectivity index (χ0n) is 9.57. The molecule has 2 rings (SSSR count). The van der Waals surface area contributed by atoms with Gasteiger partial charge in [-0.3, -0.25) is 0 Å². The van der Waals surface area contributed by atoms with Gasteiger partial charge in [0.1, 0.15) is 5.82 Å². The van der Waals surface area contributed by atoms with Gasteiger partial charge < -0.3 is 15.8 Å². The van der Waals surface area contributed by atoms with Crippen LogP contribution in [0.1, 0.15) is 37.2 Å². The van der Waals surface area contributed by atoms with Gasteiger partial charge in [0.05, 0.1) is 23.7 Å². The highest BCUT2D eigenvalue weighted by molar-refractivity contribution is 5.79. The van der Waals surface area contributed by atoms with Crippen LogP contribution in [0.15, 0.2) is 18.2 Å². The van der Waals surface area contributed by atoms with Crippen LogP contribution in [-0.4, -0.2) is 21.7 Å². The summed E-state index contributed by atoms with van der Waals surface area (Å²) >= 11 is 0. The van der Waals surface area contributed by atoms with Crippen molar-refractivity contribution in [2.45, 2.75) is 25.8 Å². The van der Waals surface area contributed by atoms with Crippen LogP contribution in [0.2, 0.25) is 0 Å². The van der Waals surface area contributed by atoms with Crippen molar-refractivity contribution < 1.29 is 5.11 Å². The monoisotopic (exact) mass is 219 g/mol. The van der Waals surface area contributed by atoms with Crippen LogP contribution in [0.25, 0.3) is 11.0 Å². The standard InChI is InChI=1S/C12H17N3O/c1-7(2)12-14-10-5-3-4-8(9(13)6-16)11(10)15-12/h3-5,7,9,16H,6,13H2,1-2H3,(H,14,15). The Labute approximate surface area is 94.5 Å². The van der Waals surface area contributed by atoms with Gasteiger partial charge >= 0.3 is 0 Å². The van der Waals surface area contributed by atoms with E-state index in [-0.39, 0.29) is 12.6 Å². The minimum atomic E-state index is -0.369. The van der Waals surface area contributed by atoms with E-state index >= 15 is 0 Å². The molecule has 1 heterocycles. The minimum Gasteiger partial charge on any atom is -0.394 e. The second-order valence-corrected chi connectivity index (χ2v) is 4.31. The van der Waals surface area contributed by atoms with E-state index in [0.717, 1.165) is 22.4 Å². The number of fused-ring (bicyclic) bond motifs is 1. The lowest BCUT2D eigenvalue weighted by molar-refractivity contribution is 0.268. The molecule has 0 spiro atoms. The number of imidazole rings is 1. The maximum atomic E-state index is 9.10. The van der Waals surface area contributed by atoms with Crippen LogP contribution < -0.4 is 5.73 Å². The normalized spacial score (nSPS) is 13.6. The van der Waals surface area contributed by atoms with Gasteiger partial charge in [0.15, 0.2) is 0 Å². The van der Waals surface area contributed by atoms with Gasteiger partial charge in [-0.2, -0.15) is 0 Å². The van der Waals surface area contributed by atoms with Gasteiger partial charge in [-0.25, -0.2) is 4.98 Å². The van der Waals surface area contributed by atoms with Gasteiger partial charge in [-0.1, -0.05) is 26.0 Å². The molecule has 1 aromatic heterocycles. The SMILES string of the molecule is CC(C)c1nc2c(C(N)CO)cccc2[nH]1. The summed E-state index contributed by atoms with van der Waals surface area (Å²) in [6.45, 7) is 4.11. The average Bonchev–Trinajstić information content (AvgIpc) is 2.71. The molecule has 0 fully saturated rings. The fraction of sp³-hybridized carbons (Fsp3) is 0.417. The number of rotatable bonds is 3. The van der Waals surface area contributed by atoms with Crippen molar-refractivity contribution in [1.29, 1.82) is 0 Å². The molecular weight excluding hydrogens is 202 g/mol. The lowest BCUT2D eigenvalue weighted by Gasteiger charge is -2.08. The van der Waals surface area contributed by atoms with E-state index in [1.165, 1.54) is 0 Å². The van der Waals surface area contributed by atoms with Crippen molar-refractivity contribution >= 4 is 11.0 Å². The summed E-state index contributed by atoms with van der Waals surface area (Å²) in [6, 6.07) is 5.44. The molecule has 4 nitrogen and oxygen atoms in total. The molecule has 0 aliphatic heterocycles. The Balaban J connectivity index is 2.58. The number of aliphatic hydroxyl groups excluding tert-OH is 1. The Bertz CT molecular complexity index is 490. The van der Waals surface area contributed by atoms with E-state index in [0.29, 0.717) is 5.92 Å². The lowest BCUT2D eigenvalue weighted by Crippen LogP contribution is -2.14. The molecule has 1 atom stereocenters. The Kier molecular flexibility index (Phi) is 2.94. The highest BCUT2D eigenvalue weighted by atomic mass is 16.3. The molecule has 1 unspecified atom stereocenters. The summed E-state index contributed by atoms with van der Waals surface area (Å²) in [4.78, 5) is 7.80. The molecule has 0 amide bonds. The Morgan fingerprint density at radius 3 is 2.81 bits per heavy atom. The van der Waals surface area contributed by atoms with Crippen LogP contribution in [0, 0.1) is 0 Å². The number of nitrogens with two attached hydrogens (primary N) is 1. The number of nitrogens with one attached hydrogen (secondary N) is 1. The first-order valence-corrected chi connectivity index (χ1v) is 5.48. The second-order valence-electron chi connectivity index (χ2n) is 4.31. The predicted octanol–water partition coefficient (Wildman–Crippen LogP) is 1.68. The van der Waals surface area contributed by atoms with E-state index in [4.69, 9.17) is 10.8 Å². The Hall–Kier alpha value is -1.39. The molecule has 0 saturated carbocycles. The molecule has 4 heteroatoms. The number of para-hydroxylation sites is 1. The van der Waals surface area contributed by atoms with Crippen LogP contribution in [0.4, 0.5) is 0 Å². The van der Waals surface area contributed by atoms with E-state index in [9.17, 15) is 0 Å². The number of aliphatic hydroxyl groups is 1. The summed E-state index contributed by atoms with van der Waals surface area (Å²) in [5.74, 6) is 1.30. The van der Waals surface area contributed by atoms with Gasteiger partial charge in [0.25, 0.3) is 0 Å². The third-order valence-corrected chi connectivity index (χ3v) is 2.71.